The molecule has 152 valence electrons. The van der Waals surface area contributed by atoms with Crippen LogP contribution < -0.4 is 10.6 Å². The second-order valence-electron chi connectivity index (χ2n) is 6.00. The normalized spacial score (nSPS) is 10.4. The number of rotatable bonds is 5. The minimum absolute atomic E-state index is 0.00330. The molecule has 0 aromatic heterocycles. The van der Waals surface area contributed by atoms with Gasteiger partial charge >= 0.3 is 0 Å². The largest absolute Gasteiger partial charge is 0.321 e. The molecule has 2 amide bonds. The van der Waals surface area contributed by atoms with E-state index in [1.807, 2.05) is 0 Å². The predicted molar refractivity (Wildman–Crippen MR) is 115 cm³/mol. The number of nitrogens with one attached hydrogen (secondary N) is 2. The molecule has 0 bridgehead atoms. The smallest absolute Gasteiger partial charge is 0.270 e. The molecule has 0 unspecified atom stereocenters. The summed E-state index contributed by atoms with van der Waals surface area (Å²) in [7, 11) is 0. The molecule has 0 atom stereocenters. The van der Waals surface area contributed by atoms with Crippen LogP contribution in [0.15, 0.2) is 65.1 Å². The van der Waals surface area contributed by atoms with Gasteiger partial charge in [-0.25, -0.2) is 4.39 Å². The van der Waals surface area contributed by atoms with Gasteiger partial charge in [-0.1, -0.05) is 39.7 Å². The van der Waals surface area contributed by atoms with E-state index in [-0.39, 0.29) is 33.2 Å². The first-order valence-electron chi connectivity index (χ1n) is 8.37. The number of benzene rings is 3. The fraction of sp³-hybridized carbons (Fsp3) is 0. The fourth-order valence-electron chi connectivity index (χ4n) is 2.56. The second-order valence-corrected chi connectivity index (χ2v) is 7.32. The number of nitrogens with zero attached hydrogens (tertiary/aromatic N) is 1. The number of amides is 2. The molecule has 0 saturated carbocycles. The molecule has 3 rings (SSSR count). The molecule has 30 heavy (non-hydrogen) atoms. The molecule has 0 saturated heterocycles. The van der Waals surface area contributed by atoms with Crippen LogP contribution in [0.25, 0.3) is 0 Å². The van der Waals surface area contributed by atoms with E-state index < -0.39 is 22.6 Å². The lowest BCUT2D eigenvalue weighted by molar-refractivity contribution is -0.384. The van der Waals surface area contributed by atoms with Crippen LogP contribution in [-0.4, -0.2) is 16.7 Å². The first kappa shape index (κ1) is 21.4. The maximum atomic E-state index is 14.0. The van der Waals surface area contributed by atoms with Gasteiger partial charge in [0.1, 0.15) is 5.82 Å². The van der Waals surface area contributed by atoms with Crippen molar-refractivity contribution in [1.82, 2.24) is 0 Å². The molecular weight excluding hydrogens is 481 g/mol. The van der Waals surface area contributed by atoms with E-state index in [1.165, 1.54) is 30.3 Å². The van der Waals surface area contributed by atoms with Gasteiger partial charge in [-0.05, 0) is 36.4 Å². The van der Waals surface area contributed by atoms with Gasteiger partial charge in [-0.15, -0.1) is 0 Å². The average molecular weight is 493 g/mol. The van der Waals surface area contributed by atoms with Crippen molar-refractivity contribution < 1.29 is 18.9 Å². The highest BCUT2D eigenvalue weighted by molar-refractivity contribution is 9.10. The molecule has 10 heteroatoms. The van der Waals surface area contributed by atoms with E-state index in [0.717, 1.165) is 12.1 Å². The van der Waals surface area contributed by atoms with Crippen molar-refractivity contribution in [1.29, 1.82) is 0 Å². The summed E-state index contributed by atoms with van der Waals surface area (Å²) in [6.45, 7) is 0. The Morgan fingerprint density at radius 2 is 1.60 bits per heavy atom. The van der Waals surface area contributed by atoms with Gasteiger partial charge in [-0.2, -0.15) is 0 Å². The number of nitro benzene ring substituents is 1. The topological polar surface area (TPSA) is 101 Å². The summed E-state index contributed by atoms with van der Waals surface area (Å²) in [6, 6.07) is 13.7. The number of anilines is 2. The molecule has 7 nitrogen and oxygen atoms in total. The van der Waals surface area contributed by atoms with E-state index in [4.69, 9.17) is 11.6 Å². The molecule has 0 aliphatic carbocycles. The molecule has 0 fully saturated rings. The predicted octanol–water partition coefficient (Wildman–Crippen LogP) is 5.65. The summed E-state index contributed by atoms with van der Waals surface area (Å²) in [5.41, 5.74) is -0.0369. The van der Waals surface area contributed by atoms with Crippen molar-refractivity contribution in [2.45, 2.75) is 0 Å². The Morgan fingerprint density at radius 1 is 0.933 bits per heavy atom. The maximum absolute atomic E-state index is 14.0. The Balaban J connectivity index is 1.84. The van der Waals surface area contributed by atoms with Crippen LogP contribution in [0.3, 0.4) is 0 Å². The van der Waals surface area contributed by atoms with Crippen LogP contribution in [0.5, 0.6) is 0 Å². The molecule has 0 heterocycles. The van der Waals surface area contributed by atoms with E-state index in [2.05, 4.69) is 26.6 Å². The Labute approximate surface area is 183 Å². The number of carbonyl (C=O) groups is 2. The number of hydrogen-bond acceptors (Lipinski definition) is 4. The molecule has 0 radical (unpaired) electrons. The van der Waals surface area contributed by atoms with Gasteiger partial charge in [0.15, 0.2) is 0 Å². The van der Waals surface area contributed by atoms with Crippen LogP contribution >= 0.6 is 27.5 Å². The van der Waals surface area contributed by atoms with Crippen LogP contribution in [0.4, 0.5) is 21.5 Å². The van der Waals surface area contributed by atoms with Gasteiger partial charge in [0.25, 0.3) is 17.5 Å². The summed E-state index contributed by atoms with van der Waals surface area (Å²) >= 11 is 9.12. The lowest BCUT2D eigenvalue weighted by atomic mass is 10.1. The average Bonchev–Trinajstić information content (AvgIpc) is 2.70. The number of hydrogen-bond donors (Lipinski definition) is 2. The summed E-state index contributed by atoms with van der Waals surface area (Å²) in [6.07, 6.45) is 0. The molecule has 0 aliphatic heterocycles. The van der Waals surface area contributed by atoms with Gasteiger partial charge in [0.05, 0.1) is 32.4 Å². The highest BCUT2D eigenvalue weighted by Gasteiger charge is 2.18. The molecule has 0 spiro atoms. The van der Waals surface area contributed by atoms with Crippen molar-refractivity contribution >= 4 is 56.4 Å². The van der Waals surface area contributed by atoms with Crippen molar-refractivity contribution in [2.24, 2.45) is 0 Å². The number of nitro groups is 1. The minimum Gasteiger partial charge on any atom is -0.321 e. The lowest BCUT2D eigenvalue weighted by Gasteiger charge is -2.12. The van der Waals surface area contributed by atoms with Crippen LogP contribution in [0, 0.1) is 15.9 Å². The van der Waals surface area contributed by atoms with Crippen LogP contribution in [0.1, 0.15) is 20.7 Å². The standard InChI is InChI=1S/C20H12BrClFN3O4/c21-11-5-8-18(16(23)9-11)25-20(28)14-3-1-2-4-17(14)24-19(27)13-7-6-12(26(29)30)10-15(13)22/h1-10H,(H,24,27)(H,25,28). The van der Waals surface area contributed by atoms with Gasteiger partial charge < -0.3 is 10.6 Å². The Morgan fingerprint density at radius 3 is 2.27 bits per heavy atom. The Bertz CT molecular complexity index is 1170. The lowest BCUT2D eigenvalue weighted by Crippen LogP contribution is -2.19. The Kier molecular flexibility index (Phi) is 6.43. The third kappa shape index (κ3) is 4.81. The number of non-ortho nitro benzene ring substituents is 1. The SMILES string of the molecule is O=C(Nc1ccccc1C(=O)Nc1ccc(Br)cc1F)c1ccc([N+](=O)[O-])cc1Cl. The zero-order chi connectivity index (χ0) is 21.8. The zero-order valence-corrected chi connectivity index (χ0v) is 17.3. The summed E-state index contributed by atoms with van der Waals surface area (Å²) in [5.74, 6) is -1.93. The van der Waals surface area contributed by atoms with Crippen molar-refractivity contribution in [3.63, 3.8) is 0 Å². The third-order valence-corrected chi connectivity index (χ3v) is 4.81. The third-order valence-electron chi connectivity index (χ3n) is 4.01. The van der Waals surface area contributed by atoms with Crippen molar-refractivity contribution in [3.8, 4) is 0 Å². The maximum Gasteiger partial charge on any atom is 0.270 e. The highest BCUT2D eigenvalue weighted by Crippen LogP contribution is 2.25. The van der Waals surface area contributed by atoms with E-state index in [0.29, 0.717) is 4.47 Å². The van der Waals surface area contributed by atoms with Crippen molar-refractivity contribution in [2.75, 3.05) is 10.6 Å². The van der Waals surface area contributed by atoms with E-state index in [1.54, 1.807) is 18.2 Å². The fourth-order valence-corrected chi connectivity index (χ4v) is 3.16. The molecule has 2 N–H and O–H groups in total. The number of carbonyl (C=O) groups excluding carboxylic acids is 2. The number of halogens is 3. The first-order valence-corrected chi connectivity index (χ1v) is 9.54. The zero-order valence-electron chi connectivity index (χ0n) is 15.0. The van der Waals surface area contributed by atoms with Crippen LogP contribution in [-0.2, 0) is 0 Å². The minimum atomic E-state index is -0.662. The van der Waals surface area contributed by atoms with E-state index in [9.17, 15) is 24.1 Å². The molecule has 0 aliphatic rings. The first-order chi connectivity index (χ1) is 14.3. The van der Waals surface area contributed by atoms with Crippen molar-refractivity contribution in [3.05, 3.63) is 97.2 Å². The Hall–Kier alpha value is -3.30. The van der Waals surface area contributed by atoms with Crippen LogP contribution in [0.2, 0.25) is 5.02 Å². The molecule has 3 aromatic carbocycles. The molecular formula is C20H12BrClFN3O4. The monoisotopic (exact) mass is 491 g/mol. The second kappa shape index (κ2) is 9.02. The number of para-hydroxylation sites is 1. The quantitative estimate of drug-likeness (QED) is 0.355. The van der Waals surface area contributed by atoms with Gasteiger partial charge in [0, 0.05) is 16.6 Å². The summed E-state index contributed by atoms with van der Waals surface area (Å²) in [4.78, 5) is 35.4. The summed E-state index contributed by atoms with van der Waals surface area (Å²) in [5, 5.41) is 15.7. The van der Waals surface area contributed by atoms with Gasteiger partial charge in [-0.3, -0.25) is 19.7 Å². The molecule has 3 aromatic rings. The summed E-state index contributed by atoms with van der Waals surface area (Å²) < 4.78 is 14.5. The highest BCUT2D eigenvalue weighted by atomic mass is 79.9. The van der Waals surface area contributed by atoms with E-state index >= 15 is 0 Å². The van der Waals surface area contributed by atoms with Gasteiger partial charge in [0.2, 0.25) is 0 Å².